The molecule has 0 aromatic heterocycles. The Morgan fingerprint density at radius 3 is 2.41 bits per heavy atom. The van der Waals surface area contributed by atoms with Gasteiger partial charge in [-0.15, -0.1) is 0 Å². The summed E-state index contributed by atoms with van der Waals surface area (Å²) in [6.45, 7) is 0.858. The first-order valence-electron chi connectivity index (χ1n) is 8.61. The van der Waals surface area contributed by atoms with Crippen LogP contribution in [-0.2, 0) is 4.74 Å². The molecule has 0 bridgehead atoms. The monoisotopic (exact) mass is 380 g/mol. The van der Waals surface area contributed by atoms with Crippen molar-refractivity contribution in [3.63, 3.8) is 0 Å². The van der Waals surface area contributed by atoms with Gasteiger partial charge < -0.3 is 10.1 Å². The van der Waals surface area contributed by atoms with Crippen LogP contribution in [0.5, 0.6) is 0 Å². The minimum atomic E-state index is -0.382. The van der Waals surface area contributed by atoms with Gasteiger partial charge in [-0.1, -0.05) is 30.0 Å². The zero-order chi connectivity index (χ0) is 19.1. The molecule has 1 N–H and O–H groups in total. The zero-order valence-corrected chi connectivity index (χ0v) is 15.8. The largest absolute Gasteiger partial charge is 0.465 e. The number of carbonyl (C=O) groups is 2. The number of methoxy groups -OCH3 is 1. The standard InChI is InChI=1S/C21H20N2O3S/c1-26-20(25)17-6-3-15(4-7-17)5-12-19(24)16-8-10-18(11-9-16)23-21-22-13-2-14-27-21/h3-12H,2,13-14H2,1H3,(H,22,23). The van der Waals surface area contributed by atoms with Gasteiger partial charge in [-0.2, -0.15) is 0 Å². The van der Waals surface area contributed by atoms with Crippen molar-refractivity contribution in [3.8, 4) is 0 Å². The van der Waals surface area contributed by atoms with E-state index in [9.17, 15) is 9.59 Å². The molecule has 2 aromatic carbocycles. The molecule has 0 fully saturated rings. The normalized spacial score (nSPS) is 13.9. The van der Waals surface area contributed by atoms with Gasteiger partial charge >= 0.3 is 5.97 Å². The molecule has 1 heterocycles. The Morgan fingerprint density at radius 2 is 1.78 bits per heavy atom. The number of ketones is 1. The second-order valence-corrected chi connectivity index (χ2v) is 6.99. The van der Waals surface area contributed by atoms with E-state index in [1.165, 1.54) is 13.2 Å². The van der Waals surface area contributed by atoms with Crippen LogP contribution in [0.3, 0.4) is 0 Å². The smallest absolute Gasteiger partial charge is 0.337 e. The van der Waals surface area contributed by atoms with Crippen LogP contribution in [0.2, 0.25) is 0 Å². The highest BCUT2D eigenvalue weighted by atomic mass is 32.2. The van der Waals surface area contributed by atoms with Crippen molar-refractivity contribution >= 4 is 40.4 Å². The number of carbonyl (C=O) groups excluding carboxylic acids is 2. The number of aliphatic imine (C=N–C) groups is 1. The van der Waals surface area contributed by atoms with Gasteiger partial charge in [0.1, 0.15) is 0 Å². The molecule has 1 aliphatic heterocycles. The number of esters is 1. The molecule has 0 amide bonds. The van der Waals surface area contributed by atoms with E-state index in [-0.39, 0.29) is 11.8 Å². The highest BCUT2D eigenvalue weighted by Gasteiger charge is 2.07. The lowest BCUT2D eigenvalue weighted by Gasteiger charge is -2.13. The summed E-state index contributed by atoms with van der Waals surface area (Å²) in [5, 5.41) is 4.20. The minimum absolute atomic E-state index is 0.0806. The summed E-state index contributed by atoms with van der Waals surface area (Å²) in [6, 6.07) is 14.2. The third kappa shape index (κ3) is 5.31. The summed E-state index contributed by atoms with van der Waals surface area (Å²) in [6.07, 6.45) is 4.36. The van der Waals surface area contributed by atoms with Crippen molar-refractivity contribution < 1.29 is 14.3 Å². The quantitative estimate of drug-likeness (QED) is 0.476. The summed E-state index contributed by atoms with van der Waals surface area (Å²) in [5.74, 6) is 0.615. The lowest BCUT2D eigenvalue weighted by Crippen LogP contribution is -2.13. The molecule has 0 radical (unpaired) electrons. The molecule has 27 heavy (non-hydrogen) atoms. The molecule has 3 rings (SSSR count). The highest BCUT2D eigenvalue weighted by molar-refractivity contribution is 8.14. The number of anilines is 1. The van der Waals surface area contributed by atoms with Crippen LogP contribution in [0, 0.1) is 0 Å². The third-order valence-corrected chi connectivity index (χ3v) is 4.97. The topological polar surface area (TPSA) is 67.8 Å². The molecule has 5 nitrogen and oxygen atoms in total. The number of ether oxygens (including phenoxy) is 1. The van der Waals surface area contributed by atoms with Crippen LogP contribution in [0.4, 0.5) is 5.69 Å². The number of thioether (sulfide) groups is 1. The van der Waals surface area contributed by atoms with Gasteiger partial charge in [-0.25, -0.2) is 4.79 Å². The lowest BCUT2D eigenvalue weighted by molar-refractivity contribution is 0.0600. The summed E-state index contributed by atoms with van der Waals surface area (Å²) < 4.78 is 4.66. The Labute approximate surface area is 162 Å². The SMILES string of the molecule is COC(=O)c1ccc(C=CC(=O)c2ccc(NC3=NCCCS3)cc2)cc1. The number of rotatable bonds is 5. The van der Waals surface area contributed by atoms with Gasteiger partial charge in [0, 0.05) is 23.5 Å². The number of amidine groups is 1. The van der Waals surface area contributed by atoms with Gasteiger partial charge in [-0.05, 0) is 54.5 Å². The van der Waals surface area contributed by atoms with Gasteiger partial charge in [0.2, 0.25) is 0 Å². The maximum atomic E-state index is 12.3. The van der Waals surface area contributed by atoms with E-state index in [1.54, 1.807) is 54.2 Å². The van der Waals surface area contributed by atoms with Crippen molar-refractivity contribution in [1.82, 2.24) is 0 Å². The van der Waals surface area contributed by atoms with Crippen molar-refractivity contribution in [2.24, 2.45) is 4.99 Å². The summed E-state index contributed by atoms with van der Waals surface area (Å²) in [5.41, 5.74) is 2.84. The summed E-state index contributed by atoms with van der Waals surface area (Å²) in [7, 11) is 1.34. The maximum Gasteiger partial charge on any atom is 0.337 e. The Hall–Kier alpha value is -2.86. The van der Waals surface area contributed by atoms with E-state index in [2.05, 4.69) is 15.0 Å². The minimum Gasteiger partial charge on any atom is -0.465 e. The van der Waals surface area contributed by atoms with Gasteiger partial charge in [0.15, 0.2) is 11.0 Å². The predicted molar refractivity (Wildman–Crippen MR) is 111 cm³/mol. The van der Waals surface area contributed by atoms with Gasteiger partial charge in [-0.3, -0.25) is 9.79 Å². The fraction of sp³-hybridized carbons (Fsp3) is 0.190. The Morgan fingerprint density at radius 1 is 1.07 bits per heavy atom. The number of benzene rings is 2. The van der Waals surface area contributed by atoms with Crippen molar-refractivity contribution in [3.05, 3.63) is 71.3 Å². The van der Waals surface area contributed by atoms with Crippen molar-refractivity contribution in [2.45, 2.75) is 6.42 Å². The summed E-state index contributed by atoms with van der Waals surface area (Å²) in [4.78, 5) is 28.2. The second kappa shape index (κ2) is 9.19. The van der Waals surface area contributed by atoms with E-state index in [4.69, 9.17) is 0 Å². The molecule has 0 spiro atoms. The van der Waals surface area contributed by atoms with E-state index in [0.717, 1.165) is 35.1 Å². The van der Waals surface area contributed by atoms with Crippen molar-refractivity contribution in [1.29, 1.82) is 0 Å². The van der Waals surface area contributed by atoms with E-state index < -0.39 is 0 Å². The number of nitrogens with one attached hydrogen (secondary N) is 1. The fourth-order valence-corrected chi connectivity index (χ4v) is 3.33. The average Bonchev–Trinajstić information content (AvgIpc) is 2.73. The average molecular weight is 380 g/mol. The first-order valence-corrected chi connectivity index (χ1v) is 9.59. The van der Waals surface area contributed by atoms with E-state index in [1.807, 2.05) is 12.1 Å². The Balaban J connectivity index is 1.61. The van der Waals surface area contributed by atoms with Gasteiger partial charge in [0.25, 0.3) is 0 Å². The maximum absolute atomic E-state index is 12.3. The molecule has 0 atom stereocenters. The molecular formula is C21H20N2O3S. The molecule has 1 aliphatic rings. The summed E-state index contributed by atoms with van der Waals surface area (Å²) >= 11 is 1.71. The van der Waals surface area contributed by atoms with Crippen LogP contribution in [-0.4, -0.2) is 36.3 Å². The van der Waals surface area contributed by atoms with Crippen LogP contribution in [0.25, 0.3) is 6.08 Å². The van der Waals surface area contributed by atoms with Gasteiger partial charge in [0.05, 0.1) is 12.7 Å². The van der Waals surface area contributed by atoms with E-state index >= 15 is 0 Å². The van der Waals surface area contributed by atoms with Crippen LogP contribution in [0.1, 0.15) is 32.7 Å². The highest BCUT2D eigenvalue weighted by Crippen LogP contribution is 2.17. The molecule has 0 unspecified atom stereocenters. The molecule has 138 valence electrons. The Kier molecular flexibility index (Phi) is 6.44. The second-order valence-electron chi connectivity index (χ2n) is 5.90. The third-order valence-electron chi connectivity index (χ3n) is 3.98. The van der Waals surface area contributed by atoms with Crippen LogP contribution in [0.15, 0.2) is 59.6 Å². The number of hydrogen-bond acceptors (Lipinski definition) is 6. The van der Waals surface area contributed by atoms with Crippen LogP contribution >= 0.6 is 11.8 Å². The van der Waals surface area contributed by atoms with Crippen molar-refractivity contribution in [2.75, 3.05) is 24.7 Å². The number of nitrogens with zero attached hydrogens (tertiary/aromatic N) is 1. The first-order chi connectivity index (χ1) is 13.2. The number of hydrogen-bond donors (Lipinski definition) is 1. The molecule has 6 heteroatoms. The lowest BCUT2D eigenvalue weighted by atomic mass is 10.1. The molecular weight excluding hydrogens is 360 g/mol. The fourth-order valence-electron chi connectivity index (χ4n) is 2.49. The van der Waals surface area contributed by atoms with Crippen LogP contribution < -0.4 is 5.32 Å². The Bertz CT molecular complexity index is 871. The number of allylic oxidation sites excluding steroid dienone is 1. The molecule has 0 saturated heterocycles. The van der Waals surface area contributed by atoms with E-state index in [0.29, 0.717) is 11.1 Å². The predicted octanol–water partition coefficient (Wildman–Crippen LogP) is 4.27. The zero-order valence-electron chi connectivity index (χ0n) is 15.0. The molecule has 2 aromatic rings. The molecule has 0 aliphatic carbocycles. The molecule has 0 saturated carbocycles. The first kappa shape index (κ1) is 18.9.